The van der Waals surface area contributed by atoms with E-state index in [0.717, 1.165) is 67.7 Å². The lowest BCUT2D eigenvalue weighted by Crippen LogP contribution is -2.32. The summed E-state index contributed by atoms with van der Waals surface area (Å²) in [5.74, 6) is 0.843. The van der Waals surface area contributed by atoms with Crippen molar-refractivity contribution in [3.05, 3.63) is 16.0 Å². The number of nitrogens with two attached hydrogens (primary N) is 1. The number of carbonyl (C=O) groups excluding carboxylic acids is 2. The van der Waals surface area contributed by atoms with Gasteiger partial charge >= 0.3 is 0 Å². The lowest BCUT2D eigenvalue weighted by atomic mass is 9.91. The summed E-state index contributed by atoms with van der Waals surface area (Å²) in [6, 6.07) is 0.114. The van der Waals surface area contributed by atoms with Crippen LogP contribution in [0.1, 0.15) is 53.4 Å². The highest BCUT2D eigenvalue weighted by Gasteiger charge is 2.35. The molecule has 1 aromatic heterocycles. The molecule has 5 nitrogen and oxygen atoms in total. The van der Waals surface area contributed by atoms with Crippen molar-refractivity contribution in [3.63, 3.8) is 0 Å². The summed E-state index contributed by atoms with van der Waals surface area (Å²) in [5.41, 5.74) is 7.98. The first-order chi connectivity index (χ1) is 11.5. The van der Waals surface area contributed by atoms with Crippen molar-refractivity contribution in [1.29, 1.82) is 0 Å². The van der Waals surface area contributed by atoms with E-state index < -0.39 is 0 Å². The third kappa shape index (κ3) is 2.97. The SMILES string of the molecule is CC1CCN(C(=O)c2c(NC(=O)C3CC3)sc3c2CC(N)CC3)C1. The number of hydrogen-bond acceptors (Lipinski definition) is 4. The van der Waals surface area contributed by atoms with E-state index in [9.17, 15) is 9.59 Å². The Labute approximate surface area is 146 Å². The van der Waals surface area contributed by atoms with Crippen molar-refractivity contribution in [2.45, 2.75) is 51.5 Å². The molecule has 1 saturated heterocycles. The average molecular weight is 347 g/mol. The molecular formula is C18H25N3O2S. The molecule has 3 aliphatic rings. The molecule has 0 spiro atoms. The van der Waals surface area contributed by atoms with Gasteiger partial charge in [0.15, 0.2) is 0 Å². The summed E-state index contributed by atoms with van der Waals surface area (Å²) in [6.45, 7) is 3.81. The Balaban J connectivity index is 1.67. The minimum atomic E-state index is 0.0711. The first kappa shape index (κ1) is 16.1. The molecule has 3 N–H and O–H groups in total. The number of carbonyl (C=O) groups is 2. The van der Waals surface area contributed by atoms with Crippen LogP contribution < -0.4 is 11.1 Å². The summed E-state index contributed by atoms with van der Waals surface area (Å²) in [7, 11) is 0. The summed E-state index contributed by atoms with van der Waals surface area (Å²) >= 11 is 1.59. The van der Waals surface area contributed by atoms with Crippen molar-refractivity contribution in [3.8, 4) is 0 Å². The topological polar surface area (TPSA) is 75.4 Å². The van der Waals surface area contributed by atoms with Gasteiger partial charge in [-0.25, -0.2) is 0 Å². The first-order valence-electron chi connectivity index (χ1n) is 9.03. The quantitative estimate of drug-likeness (QED) is 0.881. The van der Waals surface area contributed by atoms with Crippen LogP contribution in [-0.2, 0) is 17.6 Å². The number of fused-ring (bicyclic) bond motifs is 1. The number of rotatable bonds is 3. The van der Waals surface area contributed by atoms with Gasteiger partial charge in [-0.05, 0) is 50.0 Å². The number of likely N-dealkylation sites (tertiary alicyclic amines) is 1. The van der Waals surface area contributed by atoms with Gasteiger partial charge in [0, 0.05) is 29.9 Å². The molecule has 24 heavy (non-hydrogen) atoms. The predicted molar refractivity (Wildman–Crippen MR) is 95.4 cm³/mol. The summed E-state index contributed by atoms with van der Waals surface area (Å²) < 4.78 is 0. The maximum atomic E-state index is 13.2. The van der Waals surface area contributed by atoms with E-state index in [1.165, 1.54) is 4.88 Å². The van der Waals surface area contributed by atoms with Crippen LogP contribution in [0.25, 0.3) is 0 Å². The van der Waals surface area contributed by atoms with E-state index >= 15 is 0 Å². The van der Waals surface area contributed by atoms with E-state index in [0.29, 0.717) is 5.92 Å². The number of amides is 2. The fourth-order valence-electron chi connectivity index (χ4n) is 3.76. The molecule has 2 heterocycles. The van der Waals surface area contributed by atoms with Gasteiger partial charge in [0.05, 0.1) is 5.56 Å². The van der Waals surface area contributed by atoms with E-state index in [1.807, 2.05) is 4.90 Å². The maximum absolute atomic E-state index is 13.2. The molecule has 2 amide bonds. The second kappa shape index (κ2) is 6.15. The molecule has 0 aromatic carbocycles. The molecule has 0 bridgehead atoms. The highest BCUT2D eigenvalue weighted by atomic mass is 32.1. The molecule has 130 valence electrons. The Bertz CT molecular complexity index is 680. The van der Waals surface area contributed by atoms with Crippen molar-refractivity contribution < 1.29 is 9.59 Å². The zero-order valence-electron chi connectivity index (χ0n) is 14.1. The van der Waals surface area contributed by atoms with Crippen LogP contribution in [0.2, 0.25) is 0 Å². The van der Waals surface area contributed by atoms with Crippen molar-refractivity contribution in [1.82, 2.24) is 4.90 Å². The highest BCUT2D eigenvalue weighted by Crippen LogP contribution is 2.40. The monoisotopic (exact) mass is 347 g/mol. The standard InChI is InChI=1S/C18H25N3O2S/c1-10-6-7-21(9-10)18(23)15-13-8-12(19)4-5-14(13)24-17(15)20-16(22)11-2-3-11/h10-12H,2-9,19H2,1H3,(H,20,22). The lowest BCUT2D eigenvalue weighted by molar-refractivity contribution is -0.117. The Kier molecular flexibility index (Phi) is 4.12. The second-order valence-corrected chi connectivity index (χ2v) is 8.72. The zero-order chi connectivity index (χ0) is 16.8. The van der Waals surface area contributed by atoms with Gasteiger partial charge in [-0.3, -0.25) is 9.59 Å². The van der Waals surface area contributed by atoms with E-state index in [4.69, 9.17) is 5.73 Å². The molecule has 6 heteroatoms. The fourth-order valence-corrected chi connectivity index (χ4v) is 5.00. The Morgan fingerprint density at radius 2 is 2.04 bits per heavy atom. The van der Waals surface area contributed by atoms with Crippen molar-refractivity contribution >= 4 is 28.2 Å². The third-order valence-corrected chi connectivity index (χ3v) is 6.62. The van der Waals surface area contributed by atoms with Crippen LogP contribution >= 0.6 is 11.3 Å². The van der Waals surface area contributed by atoms with Gasteiger partial charge in [-0.2, -0.15) is 0 Å². The second-order valence-electron chi connectivity index (χ2n) is 7.62. The maximum Gasteiger partial charge on any atom is 0.257 e. The first-order valence-corrected chi connectivity index (χ1v) is 9.85. The minimum absolute atomic E-state index is 0.0711. The lowest BCUT2D eigenvalue weighted by Gasteiger charge is -2.21. The normalized spacial score (nSPS) is 26.3. The molecule has 1 aliphatic heterocycles. The molecular weight excluding hydrogens is 322 g/mol. The van der Waals surface area contributed by atoms with Crippen molar-refractivity contribution in [2.75, 3.05) is 18.4 Å². The van der Waals surface area contributed by atoms with Gasteiger partial charge in [-0.15, -0.1) is 11.3 Å². The van der Waals surface area contributed by atoms with Crippen LogP contribution in [0.4, 0.5) is 5.00 Å². The molecule has 1 aromatic rings. The number of aryl methyl sites for hydroxylation is 1. The van der Waals surface area contributed by atoms with Gasteiger partial charge in [-0.1, -0.05) is 6.92 Å². The molecule has 0 radical (unpaired) electrons. The van der Waals surface area contributed by atoms with E-state index in [-0.39, 0.29) is 23.8 Å². The smallest absolute Gasteiger partial charge is 0.257 e. The Hall–Kier alpha value is -1.40. The number of nitrogens with zero attached hydrogens (tertiary/aromatic N) is 1. The molecule has 2 atom stereocenters. The van der Waals surface area contributed by atoms with E-state index in [2.05, 4.69) is 12.2 Å². The van der Waals surface area contributed by atoms with Crippen LogP contribution in [0.15, 0.2) is 0 Å². The number of nitrogens with one attached hydrogen (secondary N) is 1. The van der Waals surface area contributed by atoms with Gasteiger partial charge in [0.2, 0.25) is 5.91 Å². The third-order valence-electron chi connectivity index (χ3n) is 5.41. The molecule has 2 unspecified atom stereocenters. The van der Waals surface area contributed by atoms with Gasteiger partial charge in [0.1, 0.15) is 5.00 Å². The van der Waals surface area contributed by atoms with Gasteiger partial charge in [0.25, 0.3) is 5.91 Å². The minimum Gasteiger partial charge on any atom is -0.338 e. The summed E-state index contributed by atoms with van der Waals surface area (Å²) in [6.07, 6.45) is 5.61. The molecule has 2 fully saturated rings. The molecule has 1 saturated carbocycles. The van der Waals surface area contributed by atoms with Crippen LogP contribution in [-0.4, -0.2) is 35.8 Å². The van der Waals surface area contributed by atoms with Crippen LogP contribution in [0, 0.1) is 11.8 Å². The number of anilines is 1. The number of hydrogen-bond donors (Lipinski definition) is 2. The van der Waals surface area contributed by atoms with Crippen LogP contribution in [0.3, 0.4) is 0 Å². The Morgan fingerprint density at radius 1 is 1.25 bits per heavy atom. The highest BCUT2D eigenvalue weighted by molar-refractivity contribution is 7.17. The molecule has 2 aliphatic carbocycles. The summed E-state index contributed by atoms with van der Waals surface area (Å²) in [5, 5.41) is 3.81. The largest absolute Gasteiger partial charge is 0.338 e. The van der Waals surface area contributed by atoms with Gasteiger partial charge < -0.3 is 16.0 Å². The average Bonchev–Trinajstić information content (AvgIpc) is 3.22. The zero-order valence-corrected chi connectivity index (χ0v) is 15.0. The predicted octanol–water partition coefficient (Wildman–Crippen LogP) is 2.39. The Morgan fingerprint density at radius 3 is 2.71 bits per heavy atom. The van der Waals surface area contributed by atoms with Crippen molar-refractivity contribution in [2.24, 2.45) is 17.6 Å². The number of thiophene rings is 1. The summed E-state index contributed by atoms with van der Waals surface area (Å²) in [4.78, 5) is 28.6. The fraction of sp³-hybridized carbons (Fsp3) is 0.667. The molecule has 4 rings (SSSR count). The van der Waals surface area contributed by atoms with E-state index in [1.54, 1.807) is 11.3 Å². The van der Waals surface area contributed by atoms with Crippen LogP contribution in [0.5, 0.6) is 0 Å².